The van der Waals surface area contributed by atoms with Crippen LogP contribution in [0.3, 0.4) is 0 Å². The quantitative estimate of drug-likeness (QED) is 0.549. The van der Waals surface area contributed by atoms with Crippen molar-refractivity contribution in [1.82, 2.24) is 19.9 Å². The third-order valence-corrected chi connectivity index (χ3v) is 3.34. The van der Waals surface area contributed by atoms with Gasteiger partial charge >= 0.3 is 0 Å². The van der Waals surface area contributed by atoms with Gasteiger partial charge in [-0.05, 0) is 0 Å². The van der Waals surface area contributed by atoms with Crippen LogP contribution in [-0.4, -0.2) is 66.5 Å². The predicted molar refractivity (Wildman–Crippen MR) is 69.5 cm³/mol. The second kappa shape index (κ2) is 5.53. The number of hydrogen-bond donors (Lipinski definition) is 4. The van der Waals surface area contributed by atoms with E-state index < -0.39 is 31.2 Å². The van der Waals surface area contributed by atoms with Crippen LogP contribution in [-0.2, 0) is 11.2 Å². The topological polar surface area (TPSA) is 134 Å². The summed E-state index contributed by atoms with van der Waals surface area (Å²) in [6, 6.07) is 0. The Hall–Kier alpha value is -1.81. The number of nitrogens with one attached hydrogen (secondary N) is 1. The molecule has 21 heavy (non-hydrogen) atoms. The molecule has 114 valence electrons. The van der Waals surface area contributed by atoms with Crippen LogP contribution >= 0.6 is 0 Å². The van der Waals surface area contributed by atoms with Gasteiger partial charge < -0.3 is 29.8 Å². The largest absolute Gasteiger partial charge is 0.443 e. The SMILES string of the molecule is CCc1nc(OC2O[C@H](CO)[C@@H](O)[C@@H]2O)c2[nH]cnc2n1. The molecule has 9 heteroatoms. The first kappa shape index (κ1) is 14.1. The van der Waals surface area contributed by atoms with E-state index in [1.165, 1.54) is 6.33 Å². The summed E-state index contributed by atoms with van der Waals surface area (Å²) in [7, 11) is 0. The molecule has 1 aliphatic rings. The molecular formula is C12H16N4O5. The smallest absolute Gasteiger partial charge is 0.245 e. The lowest BCUT2D eigenvalue weighted by molar-refractivity contribution is -0.117. The molecule has 0 radical (unpaired) electrons. The van der Waals surface area contributed by atoms with Gasteiger partial charge in [-0.25, -0.2) is 9.97 Å². The molecule has 1 fully saturated rings. The highest BCUT2D eigenvalue weighted by Crippen LogP contribution is 2.26. The molecule has 9 nitrogen and oxygen atoms in total. The van der Waals surface area contributed by atoms with E-state index in [1.807, 2.05) is 6.92 Å². The third-order valence-electron chi connectivity index (χ3n) is 3.34. The normalized spacial score (nSPS) is 29.1. The van der Waals surface area contributed by atoms with Gasteiger partial charge in [0, 0.05) is 6.42 Å². The van der Waals surface area contributed by atoms with Gasteiger partial charge in [-0.3, -0.25) is 0 Å². The second-order valence-electron chi connectivity index (χ2n) is 4.72. The molecule has 2 aromatic heterocycles. The Bertz CT molecular complexity index is 633. The van der Waals surface area contributed by atoms with E-state index in [2.05, 4.69) is 19.9 Å². The Morgan fingerprint density at radius 2 is 2.14 bits per heavy atom. The number of aromatic amines is 1. The van der Waals surface area contributed by atoms with Crippen LogP contribution in [0.2, 0.25) is 0 Å². The molecule has 3 heterocycles. The average Bonchev–Trinajstić information content (AvgIpc) is 3.07. The Morgan fingerprint density at radius 3 is 2.81 bits per heavy atom. The number of rotatable bonds is 4. The number of ether oxygens (including phenoxy) is 2. The van der Waals surface area contributed by atoms with Gasteiger partial charge in [-0.2, -0.15) is 4.98 Å². The molecule has 0 aromatic carbocycles. The van der Waals surface area contributed by atoms with Crippen molar-refractivity contribution in [1.29, 1.82) is 0 Å². The zero-order valence-electron chi connectivity index (χ0n) is 11.3. The molecule has 4 N–H and O–H groups in total. The first-order valence-corrected chi connectivity index (χ1v) is 6.63. The Kier molecular flexibility index (Phi) is 3.72. The Balaban J connectivity index is 1.89. The number of aliphatic hydroxyl groups is 3. The average molecular weight is 296 g/mol. The van der Waals surface area contributed by atoms with Crippen molar-refractivity contribution in [3.63, 3.8) is 0 Å². The van der Waals surface area contributed by atoms with Gasteiger partial charge in [0.2, 0.25) is 12.2 Å². The summed E-state index contributed by atoms with van der Waals surface area (Å²) in [5.41, 5.74) is 0.925. The number of fused-ring (bicyclic) bond motifs is 1. The number of H-pyrrole nitrogens is 1. The summed E-state index contributed by atoms with van der Waals surface area (Å²) in [4.78, 5) is 15.4. The molecule has 0 amide bonds. The van der Waals surface area contributed by atoms with Crippen LogP contribution < -0.4 is 4.74 Å². The van der Waals surface area contributed by atoms with E-state index in [0.29, 0.717) is 23.4 Å². The van der Waals surface area contributed by atoms with Gasteiger partial charge in [-0.1, -0.05) is 6.92 Å². The second-order valence-corrected chi connectivity index (χ2v) is 4.72. The molecule has 3 rings (SSSR count). The van der Waals surface area contributed by atoms with Crippen LogP contribution in [0.15, 0.2) is 6.33 Å². The zero-order chi connectivity index (χ0) is 15.0. The molecule has 1 unspecified atom stereocenters. The van der Waals surface area contributed by atoms with Crippen molar-refractivity contribution in [3.05, 3.63) is 12.2 Å². The maximum atomic E-state index is 9.89. The summed E-state index contributed by atoms with van der Waals surface area (Å²) in [5.74, 6) is 0.723. The molecule has 1 saturated heterocycles. The fourth-order valence-corrected chi connectivity index (χ4v) is 2.17. The van der Waals surface area contributed by atoms with Crippen molar-refractivity contribution < 1.29 is 24.8 Å². The third kappa shape index (κ3) is 2.44. The van der Waals surface area contributed by atoms with E-state index in [4.69, 9.17) is 14.6 Å². The highest BCUT2D eigenvalue weighted by atomic mass is 16.7. The van der Waals surface area contributed by atoms with Gasteiger partial charge in [0.1, 0.15) is 29.7 Å². The van der Waals surface area contributed by atoms with Crippen LogP contribution in [0.25, 0.3) is 11.2 Å². The maximum absolute atomic E-state index is 9.89. The van der Waals surface area contributed by atoms with E-state index in [0.717, 1.165) is 0 Å². The number of imidazole rings is 1. The van der Waals surface area contributed by atoms with E-state index in [1.54, 1.807) is 0 Å². The van der Waals surface area contributed by atoms with Crippen molar-refractivity contribution in [2.75, 3.05) is 6.61 Å². The van der Waals surface area contributed by atoms with Gasteiger partial charge in [-0.15, -0.1) is 0 Å². The highest BCUT2D eigenvalue weighted by molar-refractivity contribution is 5.75. The zero-order valence-corrected chi connectivity index (χ0v) is 11.3. The summed E-state index contributed by atoms with van der Waals surface area (Å²) in [6.45, 7) is 1.48. The Morgan fingerprint density at radius 1 is 1.33 bits per heavy atom. The van der Waals surface area contributed by atoms with Crippen molar-refractivity contribution >= 4 is 11.2 Å². The van der Waals surface area contributed by atoms with Crippen molar-refractivity contribution in [2.45, 2.75) is 37.9 Å². The number of aliphatic hydroxyl groups excluding tert-OH is 3. The molecule has 2 aromatic rings. The van der Waals surface area contributed by atoms with Crippen LogP contribution in [0.1, 0.15) is 12.7 Å². The minimum atomic E-state index is -1.28. The highest BCUT2D eigenvalue weighted by Gasteiger charge is 2.44. The molecule has 0 saturated carbocycles. The molecule has 1 aliphatic heterocycles. The maximum Gasteiger partial charge on any atom is 0.245 e. The van der Waals surface area contributed by atoms with Crippen molar-refractivity contribution in [3.8, 4) is 5.88 Å². The number of aryl methyl sites for hydroxylation is 1. The summed E-state index contributed by atoms with van der Waals surface area (Å²) >= 11 is 0. The standard InChI is InChI=1S/C12H16N4O5/c1-2-6-15-10-7(13-4-14-10)11(16-6)21-12-9(19)8(18)5(3-17)20-12/h4-5,8-9,12,17-19H,2-3H2,1H3,(H,13,14,15,16)/t5-,8-,9+,12?/m1/s1. The lowest BCUT2D eigenvalue weighted by atomic mass is 10.1. The van der Waals surface area contributed by atoms with Crippen LogP contribution in [0, 0.1) is 0 Å². The summed E-state index contributed by atoms with van der Waals surface area (Å²) in [5, 5.41) is 28.7. The fraction of sp³-hybridized carbons (Fsp3) is 0.583. The minimum absolute atomic E-state index is 0.184. The summed E-state index contributed by atoms with van der Waals surface area (Å²) in [6.07, 6.45) is -2.46. The lowest BCUT2D eigenvalue weighted by Crippen LogP contribution is -2.35. The molecular weight excluding hydrogens is 280 g/mol. The van der Waals surface area contributed by atoms with Gasteiger partial charge in [0.15, 0.2) is 5.65 Å². The number of nitrogens with zero attached hydrogens (tertiary/aromatic N) is 3. The lowest BCUT2D eigenvalue weighted by Gasteiger charge is -2.16. The fourth-order valence-electron chi connectivity index (χ4n) is 2.17. The van der Waals surface area contributed by atoms with E-state index in [-0.39, 0.29) is 5.88 Å². The number of aromatic nitrogens is 4. The van der Waals surface area contributed by atoms with Gasteiger partial charge in [0.25, 0.3) is 0 Å². The van der Waals surface area contributed by atoms with Crippen LogP contribution in [0.5, 0.6) is 5.88 Å². The monoisotopic (exact) mass is 296 g/mol. The predicted octanol–water partition coefficient (Wildman–Crippen LogP) is -1.27. The number of hydrogen-bond acceptors (Lipinski definition) is 8. The van der Waals surface area contributed by atoms with Gasteiger partial charge in [0.05, 0.1) is 12.9 Å². The van der Waals surface area contributed by atoms with Crippen LogP contribution in [0.4, 0.5) is 0 Å². The first-order chi connectivity index (χ1) is 10.1. The van der Waals surface area contributed by atoms with E-state index in [9.17, 15) is 10.2 Å². The van der Waals surface area contributed by atoms with Crippen molar-refractivity contribution in [2.24, 2.45) is 0 Å². The summed E-state index contributed by atoms with van der Waals surface area (Å²) < 4.78 is 10.8. The Labute approximate surface area is 119 Å². The molecule has 0 bridgehead atoms. The molecule has 0 aliphatic carbocycles. The minimum Gasteiger partial charge on any atom is -0.443 e. The van der Waals surface area contributed by atoms with E-state index >= 15 is 0 Å². The molecule has 4 atom stereocenters. The first-order valence-electron chi connectivity index (χ1n) is 6.63. The molecule has 0 spiro atoms.